The van der Waals surface area contributed by atoms with Gasteiger partial charge in [0, 0.05) is 26.2 Å². The highest BCUT2D eigenvalue weighted by atomic mass is 15.5. The first-order chi connectivity index (χ1) is 6.52. The molecule has 1 fully saturated rings. The average Bonchev–Trinajstić information content (AvgIpc) is 2.12. The molecule has 3 N–H and O–H groups in total. The maximum atomic E-state index is 5.95. The highest BCUT2D eigenvalue weighted by Crippen LogP contribution is 2.37. The van der Waals surface area contributed by atoms with Crippen molar-refractivity contribution in [1.29, 1.82) is 0 Å². The van der Waals surface area contributed by atoms with Crippen LogP contribution in [0.4, 0.5) is 0 Å². The van der Waals surface area contributed by atoms with Crippen molar-refractivity contribution < 1.29 is 0 Å². The van der Waals surface area contributed by atoms with E-state index in [2.05, 4.69) is 19.3 Å². The van der Waals surface area contributed by atoms with Crippen LogP contribution in [0, 0.1) is 11.8 Å². The molecular formula is C11H25N3. The third kappa shape index (κ3) is 2.27. The predicted octanol–water partition coefficient (Wildman–Crippen LogP) is 1.21. The Labute approximate surface area is 88.0 Å². The first kappa shape index (κ1) is 12.0. The largest absolute Gasteiger partial charge is 0.329 e. The summed E-state index contributed by atoms with van der Waals surface area (Å²) in [6.45, 7) is 5.40. The molecule has 0 amide bonds. The zero-order chi connectivity index (χ0) is 10.8. The van der Waals surface area contributed by atoms with Crippen molar-refractivity contribution in [3.63, 3.8) is 0 Å². The van der Waals surface area contributed by atoms with Gasteiger partial charge in [-0.2, -0.15) is 0 Å². The Balaban J connectivity index is 2.74. The van der Waals surface area contributed by atoms with Gasteiger partial charge in [-0.05, 0) is 18.3 Å². The Hall–Kier alpha value is -0.120. The number of rotatable bonds is 3. The van der Waals surface area contributed by atoms with Gasteiger partial charge < -0.3 is 5.73 Å². The van der Waals surface area contributed by atoms with Gasteiger partial charge in [0.2, 0.25) is 0 Å². The summed E-state index contributed by atoms with van der Waals surface area (Å²) in [5.41, 5.74) is 9.61. The normalized spacial score (nSPS) is 39.0. The Morgan fingerprint density at radius 3 is 2.57 bits per heavy atom. The SMILES string of the molecule is CC1CCCC(CN)(NN(C)C)C1C. The molecule has 1 aliphatic rings. The summed E-state index contributed by atoms with van der Waals surface area (Å²) in [6.07, 6.45) is 3.84. The lowest BCUT2D eigenvalue weighted by atomic mass is 9.68. The number of nitrogens with two attached hydrogens (primary N) is 1. The third-order valence-electron chi connectivity index (χ3n) is 3.82. The van der Waals surface area contributed by atoms with E-state index in [1.54, 1.807) is 0 Å². The molecule has 0 aromatic rings. The summed E-state index contributed by atoms with van der Waals surface area (Å²) in [7, 11) is 4.09. The molecule has 0 radical (unpaired) electrons. The summed E-state index contributed by atoms with van der Waals surface area (Å²) < 4.78 is 0. The summed E-state index contributed by atoms with van der Waals surface area (Å²) in [4.78, 5) is 0. The Bertz CT molecular complexity index is 181. The lowest BCUT2D eigenvalue weighted by Crippen LogP contribution is -2.62. The Morgan fingerprint density at radius 1 is 1.43 bits per heavy atom. The fourth-order valence-electron chi connectivity index (χ4n) is 2.70. The Kier molecular flexibility index (Phi) is 3.93. The van der Waals surface area contributed by atoms with Crippen LogP contribution in [0.5, 0.6) is 0 Å². The molecule has 3 nitrogen and oxygen atoms in total. The minimum Gasteiger partial charge on any atom is -0.329 e. The highest BCUT2D eigenvalue weighted by Gasteiger charge is 2.40. The van der Waals surface area contributed by atoms with Crippen molar-refractivity contribution >= 4 is 0 Å². The molecule has 84 valence electrons. The van der Waals surface area contributed by atoms with Gasteiger partial charge in [0.05, 0.1) is 0 Å². The van der Waals surface area contributed by atoms with E-state index in [9.17, 15) is 0 Å². The molecule has 3 atom stereocenters. The van der Waals surface area contributed by atoms with Crippen molar-refractivity contribution in [3.05, 3.63) is 0 Å². The minimum atomic E-state index is 0.126. The second-order valence-electron chi connectivity index (χ2n) is 5.02. The van der Waals surface area contributed by atoms with Crippen LogP contribution in [0.2, 0.25) is 0 Å². The van der Waals surface area contributed by atoms with Crippen molar-refractivity contribution in [3.8, 4) is 0 Å². The van der Waals surface area contributed by atoms with Gasteiger partial charge in [0.1, 0.15) is 0 Å². The van der Waals surface area contributed by atoms with E-state index >= 15 is 0 Å². The van der Waals surface area contributed by atoms with E-state index in [0.29, 0.717) is 5.92 Å². The van der Waals surface area contributed by atoms with Gasteiger partial charge in [-0.15, -0.1) is 0 Å². The predicted molar refractivity (Wildman–Crippen MR) is 60.8 cm³/mol. The van der Waals surface area contributed by atoms with Gasteiger partial charge in [-0.3, -0.25) is 5.01 Å². The highest BCUT2D eigenvalue weighted by molar-refractivity contribution is 4.97. The summed E-state index contributed by atoms with van der Waals surface area (Å²) >= 11 is 0. The summed E-state index contributed by atoms with van der Waals surface area (Å²) in [6, 6.07) is 0. The molecule has 0 aromatic carbocycles. The van der Waals surface area contributed by atoms with E-state index < -0.39 is 0 Å². The zero-order valence-corrected chi connectivity index (χ0v) is 10.0. The number of nitrogens with zero attached hydrogens (tertiary/aromatic N) is 1. The molecular weight excluding hydrogens is 174 g/mol. The molecule has 0 heterocycles. The van der Waals surface area contributed by atoms with E-state index in [4.69, 9.17) is 5.73 Å². The van der Waals surface area contributed by atoms with Crippen molar-refractivity contribution in [2.24, 2.45) is 17.6 Å². The molecule has 0 saturated heterocycles. The van der Waals surface area contributed by atoms with Crippen LogP contribution in [0.15, 0.2) is 0 Å². The van der Waals surface area contributed by atoms with Gasteiger partial charge >= 0.3 is 0 Å². The van der Waals surface area contributed by atoms with Crippen molar-refractivity contribution in [2.45, 2.75) is 38.6 Å². The van der Waals surface area contributed by atoms with Crippen LogP contribution in [0.1, 0.15) is 33.1 Å². The fourth-order valence-corrected chi connectivity index (χ4v) is 2.70. The molecule has 14 heavy (non-hydrogen) atoms. The van der Waals surface area contributed by atoms with Gasteiger partial charge in [0.15, 0.2) is 0 Å². The molecule has 3 unspecified atom stereocenters. The molecule has 0 aromatic heterocycles. The number of hydrogen-bond donors (Lipinski definition) is 2. The third-order valence-corrected chi connectivity index (χ3v) is 3.82. The fraction of sp³-hybridized carbons (Fsp3) is 1.00. The van der Waals surface area contributed by atoms with Gasteiger partial charge in [-0.25, -0.2) is 5.43 Å². The smallest absolute Gasteiger partial charge is 0.0475 e. The van der Waals surface area contributed by atoms with E-state index in [1.807, 2.05) is 19.1 Å². The quantitative estimate of drug-likeness (QED) is 0.671. The number of hydrogen-bond acceptors (Lipinski definition) is 3. The average molecular weight is 199 g/mol. The van der Waals surface area contributed by atoms with Gasteiger partial charge in [-0.1, -0.05) is 26.7 Å². The van der Waals surface area contributed by atoms with E-state index in [-0.39, 0.29) is 5.54 Å². The zero-order valence-electron chi connectivity index (χ0n) is 10.0. The lowest BCUT2D eigenvalue weighted by Gasteiger charge is -2.47. The first-order valence-corrected chi connectivity index (χ1v) is 5.67. The van der Waals surface area contributed by atoms with E-state index in [0.717, 1.165) is 12.5 Å². The van der Waals surface area contributed by atoms with Crippen LogP contribution < -0.4 is 11.2 Å². The molecule has 1 rings (SSSR count). The van der Waals surface area contributed by atoms with Gasteiger partial charge in [0.25, 0.3) is 0 Å². The molecule has 1 saturated carbocycles. The molecule has 3 heteroatoms. The number of nitrogens with one attached hydrogen (secondary N) is 1. The lowest BCUT2D eigenvalue weighted by molar-refractivity contribution is 0.0476. The number of hydrazine groups is 1. The second kappa shape index (κ2) is 4.60. The standard InChI is InChI=1S/C11H25N3/c1-9-6-5-7-11(8-12,10(9)2)13-14(3)4/h9-10,13H,5-8,12H2,1-4H3. The molecule has 0 bridgehead atoms. The topological polar surface area (TPSA) is 41.3 Å². The van der Waals surface area contributed by atoms with Crippen molar-refractivity contribution in [1.82, 2.24) is 10.4 Å². The van der Waals surface area contributed by atoms with Crippen LogP contribution >= 0.6 is 0 Å². The second-order valence-corrected chi connectivity index (χ2v) is 5.02. The first-order valence-electron chi connectivity index (χ1n) is 5.67. The maximum Gasteiger partial charge on any atom is 0.0475 e. The van der Waals surface area contributed by atoms with Crippen LogP contribution in [0.25, 0.3) is 0 Å². The summed E-state index contributed by atoms with van der Waals surface area (Å²) in [5, 5.41) is 2.04. The van der Waals surface area contributed by atoms with E-state index in [1.165, 1.54) is 19.3 Å². The maximum absolute atomic E-state index is 5.95. The van der Waals surface area contributed by atoms with Crippen LogP contribution in [0.3, 0.4) is 0 Å². The van der Waals surface area contributed by atoms with Crippen molar-refractivity contribution in [2.75, 3.05) is 20.6 Å². The minimum absolute atomic E-state index is 0.126. The molecule has 1 aliphatic carbocycles. The monoisotopic (exact) mass is 199 g/mol. The Morgan fingerprint density at radius 2 is 2.07 bits per heavy atom. The van der Waals surface area contributed by atoms with Crippen LogP contribution in [-0.4, -0.2) is 31.2 Å². The summed E-state index contributed by atoms with van der Waals surface area (Å²) in [5.74, 6) is 1.43. The molecule has 0 aliphatic heterocycles. The molecule has 0 spiro atoms. The van der Waals surface area contributed by atoms with Crippen LogP contribution in [-0.2, 0) is 0 Å².